The van der Waals surface area contributed by atoms with Crippen LogP contribution >= 0.6 is 0 Å². The summed E-state index contributed by atoms with van der Waals surface area (Å²) in [6.07, 6.45) is 7.36. The Balaban J connectivity index is 1.58. The number of pyridine rings is 1. The fraction of sp³-hybridized carbons (Fsp3) is 0.286. The first-order valence-electron chi connectivity index (χ1n) is 8.72. The van der Waals surface area contributed by atoms with Crippen molar-refractivity contribution in [2.24, 2.45) is 0 Å². The average Bonchev–Trinajstić information content (AvgIpc) is 2.91. The second kappa shape index (κ2) is 6.52. The summed E-state index contributed by atoms with van der Waals surface area (Å²) in [6, 6.07) is 18.6. The van der Waals surface area contributed by atoms with Gasteiger partial charge in [-0.25, -0.2) is 0 Å². The summed E-state index contributed by atoms with van der Waals surface area (Å²) in [6.45, 7) is 1.67. The highest BCUT2D eigenvalue weighted by Gasteiger charge is 2.24. The molecule has 0 saturated carbocycles. The van der Waals surface area contributed by atoms with Crippen molar-refractivity contribution >= 4 is 11.4 Å². The largest absolute Gasteiger partial charge is 0.338 e. The number of fused-ring (bicyclic) bond motifs is 1. The zero-order valence-electron chi connectivity index (χ0n) is 13.8. The highest BCUT2D eigenvalue weighted by atomic mass is 16.2. The summed E-state index contributed by atoms with van der Waals surface area (Å²) in [4.78, 5) is 15.1. The number of rotatable bonds is 2. The summed E-state index contributed by atoms with van der Waals surface area (Å²) >= 11 is 0. The number of hydrogen-bond donors (Lipinski definition) is 0. The summed E-state index contributed by atoms with van der Waals surface area (Å²) in [7, 11) is 0. The second-order valence-corrected chi connectivity index (χ2v) is 6.62. The number of likely N-dealkylation sites (tertiary alicyclic amines) is 1. The van der Waals surface area contributed by atoms with E-state index < -0.39 is 0 Å². The van der Waals surface area contributed by atoms with E-state index in [0.29, 0.717) is 5.92 Å². The highest BCUT2D eigenvalue weighted by Crippen LogP contribution is 2.27. The van der Waals surface area contributed by atoms with E-state index in [2.05, 4.69) is 30.3 Å². The Morgan fingerprint density at radius 1 is 1.00 bits per heavy atom. The number of benzene rings is 1. The Bertz CT molecular complexity index is 804. The zero-order chi connectivity index (χ0) is 16.4. The molecular formula is C21H22N2O. The van der Waals surface area contributed by atoms with Gasteiger partial charge in [-0.1, -0.05) is 42.8 Å². The lowest BCUT2D eigenvalue weighted by atomic mass is 9.94. The SMILES string of the molecule is O=C(c1cc2ccccn2c1)N1CCCC[C@H](c2ccccc2)C1. The van der Waals surface area contributed by atoms with E-state index in [0.717, 1.165) is 37.0 Å². The lowest BCUT2D eigenvalue weighted by Crippen LogP contribution is -2.33. The van der Waals surface area contributed by atoms with Crippen LogP contribution in [0.4, 0.5) is 0 Å². The van der Waals surface area contributed by atoms with Crippen molar-refractivity contribution in [3.05, 3.63) is 78.1 Å². The first kappa shape index (κ1) is 15.0. The molecule has 1 aromatic carbocycles. The van der Waals surface area contributed by atoms with Crippen LogP contribution in [0, 0.1) is 0 Å². The zero-order valence-corrected chi connectivity index (χ0v) is 13.8. The molecule has 0 aliphatic carbocycles. The minimum atomic E-state index is 0.154. The molecule has 0 spiro atoms. The van der Waals surface area contributed by atoms with Crippen LogP contribution in [0.3, 0.4) is 0 Å². The molecule has 1 aliphatic heterocycles. The van der Waals surface area contributed by atoms with Gasteiger partial charge >= 0.3 is 0 Å². The van der Waals surface area contributed by atoms with Crippen molar-refractivity contribution in [1.82, 2.24) is 9.30 Å². The van der Waals surface area contributed by atoms with Crippen molar-refractivity contribution in [3.8, 4) is 0 Å². The first-order chi connectivity index (χ1) is 11.8. The number of carbonyl (C=O) groups is 1. The summed E-state index contributed by atoms with van der Waals surface area (Å²) in [5.41, 5.74) is 3.20. The number of carbonyl (C=O) groups excluding carboxylic acids is 1. The van der Waals surface area contributed by atoms with Gasteiger partial charge in [0.05, 0.1) is 5.56 Å². The van der Waals surface area contributed by atoms with Gasteiger partial charge < -0.3 is 9.30 Å². The molecule has 0 N–H and O–H groups in total. The number of amides is 1. The molecule has 1 aliphatic rings. The van der Waals surface area contributed by atoms with Crippen LogP contribution in [0.1, 0.15) is 41.1 Å². The van der Waals surface area contributed by atoms with Gasteiger partial charge in [0, 0.05) is 36.9 Å². The fourth-order valence-corrected chi connectivity index (χ4v) is 3.68. The van der Waals surface area contributed by atoms with Crippen molar-refractivity contribution in [2.75, 3.05) is 13.1 Å². The summed E-state index contributed by atoms with van der Waals surface area (Å²) in [5, 5.41) is 0. The van der Waals surface area contributed by atoms with E-state index in [1.807, 2.05) is 46.0 Å². The van der Waals surface area contributed by atoms with Crippen molar-refractivity contribution in [3.63, 3.8) is 0 Å². The predicted molar refractivity (Wildman–Crippen MR) is 96.3 cm³/mol. The lowest BCUT2D eigenvalue weighted by molar-refractivity contribution is 0.0754. The summed E-state index contributed by atoms with van der Waals surface area (Å²) in [5.74, 6) is 0.594. The maximum atomic E-state index is 13.0. The Morgan fingerprint density at radius 2 is 1.83 bits per heavy atom. The summed E-state index contributed by atoms with van der Waals surface area (Å²) < 4.78 is 2.01. The highest BCUT2D eigenvalue weighted by molar-refractivity contribution is 5.95. The van der Waals surface area contributed by atoms with Gasteiger partial charge in [-0.15, -0.1) is 0 Å². The van der Waals surface area contributed by atoms with E-state index in [4.69, 9.17) is 0 Å². The quantitative estimate of drug-likeness (QED) is 0.689. The third-order valence-corrected chi connectivity index (χ3v) is 4.98. The molecule has 3 heterocycles. The van der Waals surface area contributed by atoms with E-state index in [1.165, 1.54) is 12.0 Å². The van der Waals surface area contributed by atoms with E-state index in [9.17, 15) is 4.79 Å². The van der Waals surface area contributed by atoms with Gasteiger partial charge in [0.25, 0.3) is 5.91 Å². The Hall–Kier alpha value is -2.55. The van der Waals surface area contributed by atoms with Crippen LogP contribution in [0.15, 0.2) is 67.0 Å². The minimum absolute atomic E-state index is 0.154. The van der Waals surface area contributed by atoms with Gasteiger partial charge in [0.2, 0.25) is 0 Å². The molecule has 122 valence electrons. The van der Waals surface area contributed by atoms with Crippen LogP contribution in [0.5, 0.6) is 0 Å². The number of hydrogen-bond acceptors (Lipinski definition) is 1. The van der Waals surface area contributed by atoms with Crippen LogP contribution < -0.4 is 0 Å². The van der Waals surface area contributed by atoms with Crippen molar-refractivity contribution in [1.29, 1.82) is 0 Å². The maximum absolute atomic E-state index is 13.0. The van der Waals surface area contributed by atoms with Crippen LogP contribution in [-0.4, -0.2) is 28.3 Å². The minimum Gasteiger partial charge on any atom is -0.338 e. The predicted octanol–water partition coefficient (Wildman–Crippen LogP) is 4.35. The van der Waals surface area contributed by atoms with Gasteiger partial charge in [-0.05, 0) is 36.6 Å². The molecule has 1 atom stereocenters. The molecule has 2 aromatic heterocycles. The molecule has 4 rings (SSSR count). The standard InChI is InChI=1S/C21H22N2O/c24-21(19-14-20-11-5-7-12-22(20)16-19)23-13-6-4-10-18(15-23)17-8-2-1-3-9-17/h1-3,5,7-9,11-12,14,16,18H,4,6,10,13,15H2/t18-/m0/s1. The van der Waals surface area contributed by atoms with Gasteiger partial charge in [-0.2, -0.15) is 0 Å². The monoisotopic (exact) mass is 318 g/mol. The Kier molecular flexibility index (Phi) is 4.08. The topological polar surface area (TPSA) is 24.7 Å². The average molecular weight is 318 g/mol. The Morgan fingerprint density at radius 3 is 2.67 bits per heavy atom. The number of aromatic nitrogens is 1. The number of nitrogens with zero attached hydrogens (tertiary/aromatic N) is 2. The normalized spacial score (nSPS) is 18.5. The molecule has 3 nitrogen and oxygen atoms in total. The van der Waals surface area contributed by atoms with Crippen LogP contribution in [0.2, 0.25) is 0 Å². The Labute approximate surface area is 142 Å². The third kappa shape index (κ3) is 2.94. The van der Waals surface area contributed by atoms with Gasteiger partial charge in [-0.3, -0.25) is 4.79 Å². The molecule has 24 heavy (non-hydrogen) atoms. The smallest absolute Gasteiger partial charge is 0.255 e. The lowest BCUT2D eigenvalue weighted by Gasteiger charge is -2.24. The van der Waals surface area contributed by atoms with Crippen LogP contribution in [-0.2, 0) is 0 Å². The molecule has 0 bridgehead atoms. The van der Waals surface area contributed by atoms with Crippen molar-refractivity contribution < 1.29 is 4.79 Å². The molecule has 1 fully saturated rings. The molecule has 3 aromatic rings. The van der Waals surface area contributed by atoms with Gasteiger partial charge in [0.15, 0.2) is 0 Å². The molecular weight excluding hydrogens is 296 g/mol. The van der Waals surface area contributed by atoms with E-state index >= 15 is 0 Å². The van der Waals surface area contributed by atoms with E-state index in [1.54, 1.807) is 0 Å². The molecule has 0 unspecified atom stereocenters. The molecule has 3 heteroatoms. The molecule has 1 saturated heterocycles. The second-order valence-electron chi connectivity index (χ2n) is 6.62. The third-order valence-electron chi connectivity index (χ3n) is 4.98. The first-order valence-corrected chi connectivity index (χ1v) is 8.72. The van der Waals surface area contributed by atoms with E-state index in [-0.39, 0.29) is 5.91 Å². The molecule has 0 radical (unpaired) electrons. The van der Waals surface area contributed by atoms with Crippen molar-refractivity contribution in [2.45, 2.75) is 25.2 Å². The fourth-order valence-electron chi connectivity index (χ4n) is 3.68. The maximum Gasteiger partial charge on any atom is 0.255 e. The molecule has 1 amide bonds. The van der Waals surface area contributed by atoms with Gasteiger partial charge in [0.1, 0.15) is 0 Å². The van der Waals surface area contributed by atoms with Crippen LogP contribution in [0.25, 0.3) is 5.52 Å².